The smallest absolute Gasteiger partial charge is 0.254 e. The Bertz CT molecular complexity index is 816. The second-order valence-corrected chi connectivity index (χ2v) is 5.40. The molecule has 9 heteroatoms. The van der Waals surface area contributed by atoms with Gasteiger partial charge in [0, 0.05) is 5.69 Å². The Morgan fingerprint density at radius 2 is 1.67 bits per heavy atom. The summed E-state index contributed by atoms with van der Waals surface area (Å²) in [7, 11) is 0. The molecule has 2 amide bonds. The second kappa shape index (κ2) is 7.55. The van der Waals surface area contributed by atoms with Gasteiger partial charge in [0.1, 0.15) is 0 Å². The molecule has 0 aliphatic rings. The van der Waals surface area contributed by atoms with Crippen molar-refractivity contribution in [3.8, 4) is 0 Å². The molecule has 2 aromatic rings. The van der Waals surface area contributed by atoms with Crippen LogP contribution in [0.3, 0.4) is 0 Å². The van der Waals surface area contributed by atoms with Crippen molar-refractivity contribution < 1.29 is 22.8 Å². The standard InChI is InChI=1S/C15H9Cl2F3N2O2/c16-9-3-1-7(5-10(9)17)22-12(23)6-21-15(24)8-2-4-11(18)14(20)13(8)19/h1-5H,6H2,(H,21,24)(H,22,23). The van der Waals surface area contributed by atoms with Crippen LogP contribution in [0.25, 0.3) is 0 Å². The minimum absolute atomic E-state index is 0.224. The molecule has 0 unspecified atom stereocenters. The van der Waals surface area contributed by atoms with Gasteiger partial charge in [-0.15, -0.1) is 0 Å². The maximum Gasteiger partial charge on any atom is 0.254 e. The highest BCUT2D eigenvalue weighted by molar-refractivity contribution is 6.42. The van der Waals surface area contributed by atoms with Crippen LogP contribution in [0.5, 0.6) is 0 Å². The van der Waals surface area contributed by atoms with E-state index in [1.54, 1.807) is 0 Å². The molecule has 2 aromatic carbocycles. The maximum absolute atomic E-state index is 13.5. The normalized spacial score (nSPS) is 10.4. The monoisotopic (exact) mass is 376 g/mol. The molecule has 4 nitrogen and oxygen atoms in total. The highest BCUT2D eigenvalue weighted by Gasteiger charge is 2.19. The predicted molar refractivity (Wildman–Crippen MR) is 83.7 cm³/mol. The number of hydrogen-bond acceptors (Lipinski definition) is 2. The van der Waals surface area contributed by atoms with Gasteiger partial charge in [-0.3, -0.25) is 9.59 Å². The molecule has 0 atom stereocenters. The van der Waals surface area contributed by atoms with E-state index >= 15 is 0 Å². The van der Waals surface area contributed by atoms with E-state index in [-0.39, 0.29) is 5.02 Å². The Balaban J connectivity index is 1.97. The number of halogens is 5. The van der Waals surface area contributed by atoms with Crippen molar-refractivity contribution in [2.45, 2.75) is 0 Å². The molecule has 0 bridgehead atoms. The van der Waals surface area contributed by atoms with E-state index in [1.807, 2.05) is 0 Å². The summed E-state index contributed by atoms with van der Waals surface area (Å²) in [5, 5.41) is 5.05. The Kier molecular flexibility index (Phi) is 5.69. The summed E-state index contributed by atoms with van der Waals surface area (Å²) in [6, 6.07) is 5.75. The Morgan fingerprint density at radius 3 is 2.33 bits per heavy atom. The molecule has 0 saturated carbocycles. The summed E-state index contributed by atoms with van der Waals surface area (Å²) >= 11 is 11.5. The van der Waals surface area contributed by atoms with Crippen LogP contribution < -0.4 is 10.6 Å². The first-order valence-corrected chi connectivity index (χ1v) is 7.21. The van der Waals surface area contributed by atoms with E-state index in [2.05, 4.69) is 10.6 Å². The lowest BCUT2D eigenvalue weighted by atomic mass is 10.2. The average Bonchev–Trinajstić information content (AvgIpc) is 2.54. The van der Waals surface area contributed by atoms with Crippen LogP contribution in [0.2, 0.25) is 10.0 Å². The zero-order chi connectivity index (χ0) is 17.9. The molecule has 2 rings (SSSR count). The summed E-state index contributed by atoms with van der Waals surface area (Å²) in [6.07, 6.45) is 0. The number of amides is 2. The van der Waals surface area contributed by atoms with Crippen LogP contribution in [0.15, 0.2) is 30.3 Å². The van der Waals surface area contributed by atoms with Gasteiger partial charge in [-0.1, -0.05) is 23.2 Å². The van der Waals surface area contributed by atoms with Gasteiger partial charge in [-0.05, 0) is 30.3 Å². The number of hydrogen-bond donors (Lipinski definition) is 2. The molecule has 24 heavy (non-hydrogen) atoms. The minimum atomic E-state index is -1.76. The van der Waals surface area contributed by atoms with Gasteiger partial charge < -0.3 is 10.6 Å². The van der Waals surface area contributed by atoms with Gasteiger partial charge in [-0.25, -0.2) is 13.2 Å². The van der Waals surface area contributed by atoms with Crippen molar-refractivity contribution >= 4 is 40.7 Å². The molecule has 0 aliphatic heterocycles. The summed E-state index contributed by atoms with van der Waals surface area (Å²) in [5.74, 6) is -6.50. The van der Waals surface area contributed by atoms with Crippen molar-refractivity contribution in [1.82, 2.24) is 5.32 Å². The van der Waals surface area contributed by atoms with Crippen LogP contribution in [-0.4, -0.2) is 18.4 Å². The first kappa shape index (κ1) is 18.1. The molecule has 0 radical (unpaired) electrons. The van der Waals surface area contributed by atoms with Crippen LogP contribution in [-0.2, 0) is 4.79 Å². The van der Waals surface area contributed by atoms with Gasteiger partial charge in [0.25, 0.3) is 5.91 Å². The Morgan fingerprint density at radius 1 is 0.958 bits per heavy atom. The quantitative estimate of drug-likeness (QED) is 0.797. The first-order valence-electron chi connectivity index (χ1n) is 6.46. The largest absolute Gasteiger partial charge is 0.343 e. The SMILES string of the molecule is O=C(CNC(=O)c1ccc(F)c(F)c1F)Nc1ccc(Cl)c(Cl)c1. The molecule has 0 fully saturated rings. The predicted octanol–water partition coefficient (Wildman–Crippen LogP) is 3.78. The molecule has 2 N–H and O–H groups in total. The molecular weight excluding hydrogens is 368 g/mol. The first-order chi connectivity index (χ1) is 11.3. The fourth-order valence-corrected chi connectivity index (χ4v) is 2.03. The van der Waals surface area contributed by atoms with Crippen LogP contribution in [0, 0.1) is 17.5 Å². The topological polar surface area (TPSA) is 58.2 Å². The van der Waals surface area contributed by atoms with E-state index in [4.69, 9.17) is 23.2 Å². The van der Waals surface area contributed by atoms with E-state index in [0.717, 1.165) is 6.07 Å². The summed E-state index contributed by atoms with van der Waals surface area (Å²) in [4.78, 5) is 23.4. The zero-order valence-corrected chi connectivity index (χ0v) is 13.3. The average molecular weight is 377 g/mol. The molecule has 0 spiro atoms. The zero-order valence-electron chi connectivity index (χ0n) is 11.8. The third-order valence-electron chi connectivity index (χ3n) is 2.89. The summed E-state index contributed by atoms with van der Waals surface area (Å²) < 4.78 is 39.3. The molecule has 0 aliphatic carbocycles. The molecule has 0 heterocycles. The van der Waals surface area contributed by atoms with E-state index in [9.17, 15) is 22.8 Å². The fraction of sp³-hybridized carbons (Fsp3) is 0.0667. The van der Waals surface area contributed by atoms with Gasteiger partial charge in [0.2, 0.25) is 5.91 Å². The van der Waals surface area contributed by atoms with Crippen LogP contribution >= 0.6 is 23.2 Å². The van der Waals surface area contributed by atoms with E-state index in [1.165, 1.54) is 18.2 Å². The molecule has 126 valence electrons. The van der Waals surface area contributed by atoms with Gasteiger partial charge in [0.15, 0.2) is 17.5 Å². The number of rotatable bonds is 4. The third-order valence-corrected chi connectivity index (χ3v) is 3.63. The number of anilines is 1. The highest BCUT2D eigenvalue weighted by atomic mass is 35.5. The lowest BCUT2D eigenvalue weighted by Gasteiger charge is -2.08. The van der Waals surface area contributed by atoms with E-state index < -0.39 is 41.4 Å². The van der Waals surface area contributed by atoms with Crippen molar-refractivity contribution in [2.75, 3.05) is 11.9 Å². The van der Waals surface area contributed by atoms with Gasteiger partial charge in [-0.2, -0.15) is 0 Å². The molecule has 0 aromatic heterocycles. The maximum atomic E-state index is 13.5. The van der Waals surface area contributed by atoms with Crippen molar-refractivity contribution in [3.05, 3.63) is 63.4 Å². The van der Waals surface area contributed by atoms with E-state index in [0.29, 0.717) is 16.8 Å². The second-order valence-electron chi connectivity index (χ2n) is 4.58. The van der Waals surface area contributed by atoms with Crippen LogP contribution in [0.1, 0.15) is 10.4 Å². The molecular formula is C15H9Cl2F3N2O2. The minimum Gasteiger partial charge on any atom is -0.343 e. The van der Waals surface area contributed by atoms with Crippen molar-refractivity contribution in [3.63, 3.8) is 0 Å². The van der Waals surface area contributed by atoms with Crippen molar-refractivity contribution in [1.29, 1.82) is 0 Å². The highest BCUT2D eigenvalue weighted by Crippen LogP contribution is 2.24. The number of carbonyl (C=O) groups excluding carboxylic acids is 2. The molecule has 0 saturated heterocycles. The number of benzene rings is 2. The van der Waals surface area contributed by atoms with Crippen LogP contribution in [0.4, 0.5) is 18.9 Å². The van der Waals surface area contributed by atoms with Crippen molar-refractivity contribution in [2.24, 2.45) is 0 Å². The summed E-state index contributed by atoms with van der Waals surface area (Å²) in [6.45, 7) is -0.516. The van der Waals surface area contributed by atoms with Gasteiger partial charge in [0.05, 0.1) is 22.2 Å². The lowest BCUT2D eigenvalue weighted by molar-refractivity contribution is -0.115. The third kappa shape index (κ3) is 4.18. The Labute approximate surface area is 144 Å². The lowest BCUT2D eigenvalue weighted by Crippen LogP contribution is -2.33. The number of carbonyl (C=O) groups is 2. The summed E-state index contributed by atoms with van der Waals surface area (Å²) in [5.41, 5.74) is -0.376. The van der Waals surface area contributed by atoms with Gasteiger partial charge >= 0.3 is 0 Å². The fourth-order valence-electron chi connectivity index (χ4n) is 1.74. The Hall–Kier alpha value is -2.25. The number of nitrogens with one attached hydrogen (secondary N) is 2.